The standard InChI is InChI=1S/C19H26N4O2/c1-4-5-11-21(3)19(25)17-15-9-6-7-12-23(15)18(20-17)16-10-8-13-22(16)14(2)24/h6-7,9,12,16H,4-5,8,10-11,13H2,1-3H3/t16-/m0/s1. The zero-order chi connectivity index (χ0) is 18.0. The van der Waals surface area contributed by atoms with Gasteiger partial charge >= 0.3 is 0 Å². The van der Waals surface area contributed by atoms with Gasteiger partial charge in [-0.1, -0.05) is 19.4 Å². The van der Waals surface area contributed by atoms with E-state index in [1.54, 1.807) is 11.8 Å². The molecule has 2 amide bonds. The molecule has 0 bridgehead atoms. The monoisotopic (exact) mass is 342 g/mol. The first-order chi connectivity index (χ1) is 12.0. The van der Waals surface area contributed by atoms with Crippen molar-refractivity contribution in [1.29, 1.82) is 0 Å². The number of hydrogen-bond acceptors (Lipinski definition) is 3. The Morgan fingerprint density at radius 2 is 2.16 bits per heavy atom. The first-order valence-electron chi connectivity index (χ1n) is 9.04. The average molecular weight is 342 g/mol. The van der Waals surface area contributed by atoms with Crippen molar-refractivity contribution in [3.63, 3.8) is 0 Å². The predicted octanol–water partition coefficient (Wildman–Crippen LogP) is 2.89. The third kappa shape index (κ3) is 3.25. The number of hydrogen-bond donors (Lipinski definition) is 0. The van der Waals surface area contributed by atoms with Gasteiger partial charge in [0.1, 0.15) is 5.82 Å². The summed E-state index contributed by atoms with van der Waals surface area (Å²) < 4.78 is 1.97. The third-order valence-corrected chi connectivity index (χ3v) is 4.93. The Kier molecular flexibility index (Phi) is 5.06. The topological polar surface area (TPSA) is 57.9 Å². The van der Waals surface area contributed by atoms with Crippen molar-refractivity contribution < 1.29 is 9.59 Å². The Morgan fingerprint density at radius 1 is 1.36 bits per heavy atom. The Balaban J connectivity index is 2.01. The van der Waals surface area contributed by atoms with Crippen molar-refractivity contribution in [1.82, 2.24) is 19.2 Å². The van der Waals surface area contributed by atoms with E-state index in [9.17, 15) is 9.59 Å². The summed E-state index contributed by atoms with van der Waals surface area (Å²) in [5.41, 5.74) is 1.28. The van der Waals surface area contributed by atoms with Crippen LogP contribution in [0.4, 0.5) is 0 Å². The minimum Gasteiger partial charge on any atom is -0.340 e. The molecule has 1 aliphatic rings. The lowest BCUT2D eigenvalue weighted by Gasteiger charge is -2.22. The van der Waals surface area contributed by atoms with Crippen molar-refractivity contribution in [2.24, 2.45) is 0 Å². The summed E-state index contributed by atoms with van der Waals surface area (Å²) in [7, 11) is 1.82. The number of carbonyl (C=O) groups is 2. The molecule has 0 saturated carbocycles. The molecule has 25 heavy (non-hydrogen) atoms. The van der Waals surface area contributed by atoms with E-state index in [1.807, 2.05) is 40.7 Å². The molecule has 0 aromatic carbocycles. The number of rotatable bonds is 5. The zero-order valence-corrected chi connectivity index (χ0v) is 15.2. The maximum atomic E-state index is 12.9. The van der Waals surface area contributed by atoms with Crippen molar-refractivity contribution in [3.05, 3.63) is 35.9 Å². The van der Waals surface area contributed by atoms with E-state index >= 15 is 0 Å². The van der Waals surface area contributed by atoms with Crippen LogP contribution < -0.4 is 0 Å². The van der Waals surface area contributed by atoms with E-state index in [1.165, 1.54) is 0 Å². The van der Waals surface area contributed by atoms with Crippen LogP contribution in [0.15, 0.2) is 24.4 Å². The fourth-order valence-corrected chi connectivity index (χ4v) is 3.54. The minimum atomic E-state index is -0.0603. The van der Waals surface area contributed by atoms with E-state index in [2.05, 4.69) is 6.92 Å². The third-order valence-electron chi connectivity index (χ3n) is 4.93. The Morgan fingerprint density at radius 3 is 2.88 bits per heavy atom. The molecular weight excluding hydrogens is 316 g/mol. The number of fused-ring (bicyclic) bond motifs is 1. The Labute approximate surface area is 148 Å². The van der Waals surface area contributed by atoms with Gasteiger partial charge in [-0.05, 0) is 31.4 Å². The van der Waals surface area contributed by atoms with Gasteiger partial charge in [-0.2, -0.15) is 0 Å². The van der Waals surface area contributed by atoms with Gasteiger partial charge in [0.2, 0.25) is 5.91 Å². The molecule has 2 aromatic rings. The second kappa shape index (κ2) is 7.25. The van der Waals surface area contributed by atoms with Crippen LogP contribution in [0.1, 0.15) is 61.9 Å². The maximum Gasteiger partial charge on any atom is 0.274 e. The number of amides is 2. The number of carbonyl (C=O) groups excluding carboxylic acids is 2. The van der Waals surface area contributed by atoms with Gasteiger partial charge in [-0.15, -0.1) is 0 Å². The van der Waals surface area contributed by atoms with Gasteiger partial charge in [0.25, 0.3) is 5.91 Å². The summed E-state index contributed by atoms with van der Waals surface area (Å²) in [6.45, 7) is 5.18. The summed E-state index contributed by atoms with van der Waals surface area (Å²) in [6.07, 6.45) is 5.79. The number of likely N-dealkylation sites (tertiary alicyclic amines) is 1. The van der Waals surface area contributed by atoms with E-state index in [0.29, 0.717) is 5.69 Å². The predicted molar refractivity (Wildman–Crippen MR) is 96.4 cm³/mol. The highest BCUT2D eigenvalue weighted by Gasteiger charge is 2.33. The molecule has 3 rings (SSSR count). The zero-order valence-electron chi connectivity index (χ0n) is 15.2. The van der Waals surface area contributed by atoms with E-state index < -0.39 is 0 Å². The summed E-state index contributed by atoms with van der Waals surface area (Å²) in [6, 6.07) is 5.71. The van der Waals surface area contributed by atoms with Crippen molar-refractivity contribution in [2.45, 2.75) is 45.6 Å². The minimum absolute atomic E-state index is 0.0584. The molecule has 0 unspecified atom stereocenters. The van der Waals surface area contributed by atoms with Crippen molar-refractivity contribution in [3.8, 4) is 0 Å². The lowest BCUT2D eigenvalue weighted by atomic mass is 10.2. The molecule has 1 fully saturated rings. The molecule has 3 heterocycles. The number of imidazole rings is 1. The lowest BCUT2D eigenvalue weighted by molar-refractivity contribution is -0.129. The van der Waals surface area contributed by atoms with Crippen LogP contribution in [0.2, 0.25) is 0 Å². The smallest absolute Gasteiger partial charge is 0.274 e. The van der Waals surface area contributed by atoms with E-state index in [0.717, 1.165) is 50.1 Å². The number of nitrogens with zero attached hydrogens (tertiary/aromatic N) is 4. The van der Waals surface area contributed by atoms with Crippen molar-refractivity contribution in [2.75, 3.05) is 20.1 Å². The van der Waals surface area contributed by atoms with Gasteiger partial charge in [0.15, 0.2) is 5.69 Å². The van der Waals surface area contributed by atoms with Gasteiger partial charge < -0.3 is 14.2 Å². The molecule has 6 heteroatoms. The van der Waals surface area contributed by atoms with Gasteiger partial charge in [-0.25, -0.2) is 4.98 Å². The molecule has 0 aliphatic carbocycles. The number of aromatic nitrogens is 2. The molecule has 1 saturated heterocycles. The van der Waals surface area contributed by atoms with Gasteiger partial charge in [0.05, 0.1) is 11.6 Å². The first-order valence-corrected chi connectivity index (χ1v) is 9.04. The second-order valence-electron chi connectivity index (χ2n) is 6.73. The van der Waals surface area contributed by atoms with Crippen LogP contribution in [-0.2, 0) is 4.79 Å². The summed E-state index contributed by atoms with van der Waals surface area (Å²) >= 11 is 0. The molecular formula is C19H26N4O2. The fraction of sp³-hybridized carbons (Fsp3) is 0.526. The van der Waals surface area contributed by atoms with Gasteiger partial charge in [-0.3, -0.25) is 9.59 Å². The first kappa shape index (κ1) is 17.5. The van der Waals surface area contributed by atoms with E-state index in [4.69, 9.17) is 4.98 Å². The highest BCUT2D eigenvalue weighted by Crippen LogP contribution is 2.32. The fourth-order valence-electron chi connectivity index (χ4n) is 3.54. The molecule has 134 valence electrons. The molecule has 1 atom stereocenters. The van der Waals surface area contributed by atoms with Crippen LogP contribution in [-0.4, -0.2) is 51.1 Å². The second-order valence-corrected chi connectivity index (χ2v) is 6.73. The lowest BCUT2D eigenvalue weighted by Crippen LogP contribution is -2.29. The Bertz CT molecular complexity index is 783. The molecule has 0 radical (unpaired) electrons. The van der Waals surface area contributed by atoms with Crippen molar-refractivity contribution >= 4 is 17.3 Å². The molecule has 1 aliphatic heterocycles. The van der Waals surface area contributed by atoms with Crippen LogP contribution in [0.3, 0.4) is 0 Å². The number of unbranched alkanes of at least 4 members (excludes halogenated alkanes) is 1. The van der Waals surface area contributed by atoms with E-state index in [-0.39, 0.29) is 17.9 Å². The molecule has 0 N–H and O–H groups in total. The maximum absolute atomic E-state index is 12.9. The molecule has 6 nitrogen and oxygen atoms in total. The van der Waals surface area contributed by atoms with Crippen LogP contribution >= 0.6 is 0 Å². The largest absolute Gasteiger partial charge is 0.340 e. The molecule has 0 spiro atoms. The SMILES string of the molecule is CCCCN(C)C(=O)c1nc([C@@H]2CCCN2C(C)=O)n2ccccc12. The normalized spacial score (nSPS) is 17.2. The van der Waals surface area contributed by atoms with Crippen LogP contribution in [0.25, 0.3) is 5.52 Å². The van der Waals surface area contributed by atoms with Gasteiger partial charge in [0, 0.05) is 33.3 Å². The summed E-state index contributed by atoms with van der Waals surface area (Å²) in [5.74, 6) is 0.787. The average Bonchev–Trinajstić information content (AvgIpc) is 3.23. The summed E-state index contributed by atoms with van der Waals surface area (Å²) in [5, 5.41) is 0. The molecule has 2 aromatic heterocycles. The van der Waals surface area contributed by atoms with Crippen LogP contribution in [0.5, 0.6) is 0 Å². The quantitative estimate of drug-likeness (QED) is 0.839. The number of pyridine rings is 1. The highest BCUT2D eigenvalue weighted by atomic mass is 16.2. The summed E-state index contributed by atoms with van der Waals surface area (Å²) in [4.78, 5) is 33.1. The van der Waals surface area contributed by atoms with Crippen LogP contribution in [0, 0.1) is 0 Å². The Hall–Kier alpha value is -2.37. The highest BCUT2D eigenvalue weighted by molar-refractivity contribution is 5.99.